The van der Waals surface area contributed by atoms with Crippen LogP contribution in [0.25, 0.3) is 6.58 Å². The topological polar surface area (TPSA) is 102 Å². The van der Waals surface area contributed by atoms with Crippen molar-refractivity contribution in [2.45, 2.75) is 33.2 Å². The summed E-state index contributed by atoms with van der Waals surface area (Å²) in [5.74, 6) is -0.299. The van der Waals surface area contributed by atoms with Gasteiger partial charge < -0.3 is 15.0 Å². The molecule has 34 heavy (non-hydrogen) atoms. The third kappa shape index (κ3) is 5.23. The van der Waals surface area contributed by atoms with E-state index in [1.165, 1.54) is 0 Å². The minimum Gasteiger partial charge on any atom is -0.481 e. The SMILES string of the molecule is C=c1nc2c(c(=O)[nH]1)=Nc1cc(C)c(C)cc1N2CCN(CCCC(=O)O)Cc1ccccc1. The standard InChI is InChI=1S/C26H29N5O3/c1-17-14-21-22(15-18(17)2)31(25-24(29-21)26(34)28-19(3)27-25)13-12-30(11-7-10-23(32)33)16-20-8-5-4-6-9-20/h4-6,8-9,14-15H,3,7,10-13,16H2,1-2H3,(H,28,34)(H,32,33). The highest BCUT2D eigenvalue weighted by molar-refractivity contribution is 5.77. The number of aromatic amines is 1. The number of carbonyl (C=O) groups is 1. The molecular weight excluding hydrogens is 430 g/mol. The van der Waals surface area contributed by atoms with Gasteiger partial charge in [0.05, 0.1) is 11.4 Å². The van der Waals surface area contributed by atoms with Gasteiger partial charge >= 0.3 is 5.97 Å². The number of benzene rings is 2. The van der Waals surface area contributed by atoms with Crippen molar-refractivity contribution in [3.8, 4) is 0 Å². The molecule has 1 aliphatic rings. The van der Waals surface area contributed by atoms with Crippen LogP contribution in [0.4, 0.5) is 17.2 Å². The summed E-state index contributed by atoms with van der Waals surface area (Å²) in [7, 11) is 0. The Morgan fingerprint density at radius 3 is 2.62 bits per heavy atom. The lowest BCUT2D eigenvalue weighted by molar-refractivity contribution is -0.137. The lowest BCUT2D eigenvalue weighted by Gasteiger charge is -2.31. The van der Waals surface area contributed by atoms with Crippen molar-refractivity contribution in [1.29, 1.82) is 0 Å². The summed E-state index contributed by atoms with van der Waals surface area (Å²) >= 11 is 0. The molecule has 8 nitrogen and oxygen atoms in total. The number of nitrogens with one attached hydrogen (secondary N) is 1. The first-order valence-electron chi connectivity index (χ1n) is 11.4. The van der Waals surface area contributed by atoms with Gasteiger partial charge in [-0.05, 0) is 55.6 Å². The summed E-state index contributed by atoms with van der Waals surface area (Å²) in [6.45, 7) is 10.5. The third-order valence-corrected chi connectivity index (χ3v) is 6.05. The molecule has 2 N–H and O–H groups in total. The van der Waals surface area contributed by atoms with Crippen molar-refractivity contribution in [3.63, 3.8) is 0 Å². The first kappa shape index (κ1) is 23.4. The number of aryl methyl sites for hydroxylation is 2. The van der Waals surface area contributed by atoms with Crippen molar-refractivity contribution >= 4 is 29.7 Å². The Bertz CT molecular complexity index is 1370. The molecule has 3 aromatic rings. The molecule has 2 aromatic carbocycles. The predicted octanol–water partition coefficient (Wildman–Crippen LogP) is 2.57. The molecule has 0 saturated heterocycles. The minimum absolute atomic E-state index is 0.125. The molecule has 0 unspecified atom stereocenters. The number of anilines is 2. The van der Waals surface area contributed by atoms with Crippen LogP contribution < -0.4 is 21.3 Å². The Morgan fingerprint density at radius 1 is 1.15 bits per heavy atom. The second kappa shape index (κ2) is 10.0. The number of carboxylic acid groups (broad SMARTS) is 1. The zero-order valence-corrected chi connectivity index (χ0v) is 19.5. The van der Waals surface area contributed by atoms with E-state index >= 15 is 0 Å². The quantitative estimate of drug-likeness (QED) is 0.510. The molecule has 1 aromatic heterocycles. The van der Waals surface area contributed by atoms with Gasteiger partial charge in [-0.25, -0.2) is 9.98 Å². The highest BCUT2D eigenvalue weighted by atomic mass is 16.4. The maximum absolute atomic E-state index is 12.7. The first-order chi connectivity index (χ1) is 16.3. The van der Waals surface area contributed by atoms with Gasteiger partial charge in [0.25, 0.3) is 5.56 Å². The van der Waals surface area contributed by atoms with Crippen molar-refractivity contribution in [2.75, 3.05) is 24.5 Å². The fourth-order valence-corrected chi connectivity index (χ4v) is 4.15. The molecule has 0 amide bonds. The highest BCUT2D eigenvalue weighted by Gasteiger charge is 2.24. The number of nitrogens with zero attached hydrogens (tertiary/aromatic N) is 4. The lowest BCUT2D eigenvalue weighted by atomic mass is 10.1. The van der Waals surface area contributed by atoms with Crippen molar-refractivity contribution in [1.82, 2.24) is 14.9 Å². The molecular formula is C26H29N5O3. The van der Waals surface area contributed by atoms with Gasteiger partial charge in [-0.3, -0.25) is 14.5 Å². The number of H-pyrrole nitrogens is 1. The van der Waals surface area contributed by atoms with Crippen LogP contribution in [0.15, 0.2) is 52.3 Å². The summed E-state index contributed by atoms with van der Waals surface area (Å²) in [6.07, 6.45) is 0.684. The Balaban J connectivity index is 1.66. The van der Waals surface area contributed by atoms with Gasteiger partial charge in [0.15, 0.2) is 11.2 Å². The fraction of sp³-hybridized carbons (Fsp3) is 0.308. The number of hydrogen-bond acceptors (Lipinski definition) is 6. The normalized spacial score (nSPS) is 12.3. The zero-order valence-electron chi connectivity index (χ0n) is 19.5. The van der Waals surface area contributed by atoms with Gasteiger partial charge in [0.2, 0.25) is 0 Å². The van der Waals surface area contributed by atoms with Crippen molar-refractivity contribution in [3.05, 3.63) is 80.3 Å². The Hall–Kier alpha value is -3.78. The molecule has 0 radical (unpaired) electrons. The number of hydrogen-bond donors (Lipinski definition) is 2. The van der Waals surface area contributed by atoms with E-state index in [0.29, 0.717) is 43.9 Å². The molecule has 176 valence electrons. The first-order valence-corrected chi connectivity index (χ1v) is 11.4. The molecule has 2 heterocycles. The summed E-state index contributed by atoms with van der Waals surface area (Å²) in [6, 6.07) is 14.2. The van der Waals surface area contributed by atoms with Crippen molar-refractivity contribution < 1.29 is 9.90 Å². The minimum atomic E-state index is -0.794. The second-order valence-corrected chi connectivity index (χ2v) is 8.63. The van der Waals surface area contributed by atoms with Crippen LogP contribution in [0.5, 0.6) is 0 Å². The molecule has 0 spiro atoms. The maximum Gasteiger partial charge on any atom is 0.303 e. The average Bonchev–Trinajstić information content (AvgIpc) is 2.78. The third-order valence-electron chi connectivity index (χ3n) is 6.05. The maximum atomic E-state index is 12.7. The van der Waals surface area contributed by atoms with Gasteiger partial charge in [-0.2, -0.15) is 0 Å². The second-order valence-electron chi connectivity index (χ2n) is 8.63. The Morgan fingerprint density at radius 2 is 1.88 bits per heavy atom. The molecule has 0 atom stereocenters. The van der Waals surface area contributed by atoms with E-state index in [4.69, 9.17) is 5.11 Å². The summed E-state index contributed by atoms with van der Waals surface area (Å²) in [5, 5.41) is 9.37. The van der Waals surface area contributed by atoms with E-state index in [9.17, 15) is 9.59 Å². The lowest BCUT2D eigenvalue weighted by Crippen LogP contribution is -2.44. The number of aliphatic carboxylic acids is 1. The van der Waals surface area contributed by atoms with Crippen molar-refractivity contribution in [2.24, 2.45) is 4.99 Å². The van der Waals surface area contributed by atoms with E-state index in [1.54, 1.807) is 0 Å². The van der Waals surface area contributed by atoms with Crippen LogP contribution in [-0.4, -0.2) is 45.6 Å². The molecule has 1 aliphatic heterocycles. The Labute approximate surface area is 197 Å². The van der Waals surface area contributed by atoms with Crippen LogP contribution in [0, 0.1) is 13.8 Å². The zero-order chi connectivity index (χ0) is 24.2. The number of rotatable bonds is 9. The summed E-state index contributed by atoms with van der Waals surface area (Å²) < 4.78 is 0. The van der Waals surface area contributed by atoms with Crippen LogP contribution >= 0.6 is 0 Å². The smallest absolute Gasteiger partial charge is 0.303 e. The molecule has 0 bridgehead atoms. The van der Waals surface area contributed by atoms with E-state index in [1.807, 2.05) is 36.1 Å². The van der Waals surface area contributed by atoms with Gasteiger partial charge in [0.1, 0.15) is 5.48 Å². The fourth-order valence-electron chi connectivity index (χ4n) is 4.15. The molecule has 0 fully saturated rings. The van der Waals surface area contributed by atoms with E-state index in [0.717, 1.165) is 28.1 Å². The van der Waals surface area contributed by atoms with Crippen LogP contribution in [0.1, 0.15) is 29.5 Å². The number of aromatic nitrogens is 2. The van der Waals surface area contributed by atoms with E-state index in [-0.39, 0.29) is 17.3 Å². The monoisotopic (exact) mass is 459 g/mol. The highest BCUT2D eigenvalue weighted by Crippen LogP contribution is 2.36. The predicted molar refractivity (Wildman–Crippen MR) is 132 cm³/mol. The number of carboxylic acids is 1. The summed E-state index contributed by atoms with van der Waals surface area (Å²) in [5.41, 5.74) is 5.00. The van der Waals surface area contributed by atoms with Gasteiger partial charge in [-0.15, -0.1) is 0 Å². The van der Waals surface area contributed by atoms with Gasteiger partial charge in [0, 0.05) is 26.1 Å². The largest absolute Gasteiger partial charge is 0.481 e. The molecule has 8 heteroatoms. The number of fused-ring (bicyclic) bond motifs is 2. The Kier molecular flexibility index (Phi) is 6.88. The van der Waals surface area contributed by atoms with Crippen LogP contribution in [0.2, 0.25) is 0 Å². The molecule has 0 saturated carbocycles. The van der Waals surface area contributed by atoms with Gasteiger partial charge in [-0.1, -0.05) is 36.9 Å². The van der Waals surface area contributed by atoms with E-state index in [2.05, 4.69) is 51.6 Å². The summed E-state index contributed by atoms with van der Waals surface area (Å²) in [4.78, 5) is 39.8. The molecule has 0 aliphatic carbocycles. The van der Waals surface area contributed by atoms with E-state index < -0.39 is 5.97 Å². The van der Waals surface area contributed by atoms with Crippen LogP contribution in [-0.2, 0) is 11.3 Å². The average molecular weight is 460 g/mol. The van der Waals surface area contributed by atoms with Crippen LogP contribution in [0.3, 0.4) is 0 Å². The molecule has 4 rings (SSSR count).